The Bertz CT molecular complexity index is 276. The first-order valence-corrected chi connectivity index (χ1v) is 7.40. The predicted molar refractivity (Wildman–Crippen MR) is 77.2 cm³/mol. The molecule has 5 heteroatoms. The van der Waals surface area contributed by atoms with Crippen LogP contribution in [-0.4, -0.2) is 65.8 Å². The van der Waals surface area contributed by atoms with Gasteiger partial charge in [0.05, 0.1) is 6.61 Å². The molecule has 0 saturated carbocycles. The average Bonchev–Trinajstić information content (AvgIpc) is 2.43. The number of rotatable bonds is 6. The summed E-state index contributed by atoms with van der Waals surface area (Å²) in [5.41, 5.74) is -0.00525. The molecule has 0 radical (unpaired) electrons. The number of carbonyl (C=O) groups is 1. The highest BCUT2D eigenvalue weighted by Crippen LogP contribution is 2.19. The van der Waals surface area contributed by atoms with E-state index < -0.39 is 0 Å². The molecule has 1 aliphatic rings. The third-order valence-electron chi connectivity index (χ3n) is 3.92. The lowest BCUT2D eigenvalue weighted by Gasteiger charge is -2.41. The summed E-state index contributed by atoms with van der Waals surface area (Å²) >= 11 is 0. The van der Waals surface area contributed by atoms with Crippen molar-refractivity contribution in [3.05, 3.63) is 0 Å². The number of nitrogens with zero attached hydrogens (tertiary/aromatic N) is 2. The smallest absolute Gasteiger partial charge is 0.317 e. The lowest BCUT2D eigenvalue weighted by Crippen LogP contribution is -2.55. The van der Waals surface area contributed by atoms with Gasteiger partial charge >= 0.3 is 6.03 Å². The topological polar surface area (TPSA) is 55.8 Å². The quantitative estimate of drug-likeness (QED) is 0.765. The van der Waals surface area contributed by atoms with Crippen molar-refractivity contribution in [1.82, 2.24) is 15.1 Å². The van der Waals surface area contributed by atoms with E-state index in [2.05, 4.69) is 24.1 Å². The van der Waals surface area contributed by atoms with Gasteiger partial charge in [-0.2, -0.15) is 0 Å². The Balaban J connectivity index is 2.42. The maximum absolute atomic E-state index is 12.0. The lowest BCUT2D eigenvalue weighted by atomic mass is 9.98. The fourth-order valence-electron chi connectivity index (χ4n) is 2.54. The zero-order valence-electron chi connectivity index (χ0n) is 12.6. The van der Waals surface area contributed by atoms with Gasteiger partial charge in [0.25, 0.3) is 0 Å². The number of hydrogen-bond donors (Lipinski definition) is 2. The summed E-state index contributed by atoms with van der Waals surface area (Å²) in [6.45, 7) is 10.2. The molecular formula is C14H29N3O2. The van der Waals surface area contributed by atoms with Crippen LogP contribution in [0.25, 0.3) is 0 Å². The Morgan fingerprint density at radius 1 is 1.32 bits per heavy atom. The number of nitrogens with one attached hydrogen (secondary N) is 1. The normalized spacial score (nSPS) is 17.3. The lowest BCUT2D eigenvalue weighted by molar-refractivity contribution is 0.0934. The zero-order chi connectivity index (χ0) is 14.3. The van der Waals surface area contributed by atoms with Crippen LogP contribution >= 0.6 is 0 Å². The summed E-state index contributed by atoms with van der Waals surface area (Å²) in [5.74, 6) is 0. The fraction of sp³-hybridized carbons (Fsp3) is 0.929. The first kappa shape index (κ1) is 16.2. The summed E-state index contributed by atoms with van der Waals surface area (Å²) in [6, 6.07) is -0.0818. The van der Waals surface area contributed by atoms with Crippen LogP contribution in [0, 0.1) is 0 Å². The SMILES string of the molecule is CCN(CCO)C(=O)NCC(C)(C)N1CCCCC1. The van der Waals surface area contributed by atoms with Crippen LogP contribution < -0.4 is 5.32 Å². The maximum atomic E-state index is 12.0. The van der Waals surface area contributed by atoms with Crippen LogP contribution in [0.2, 0.25) is 0 Å². The second kappa shape index (κ2) is 7.70. The Hall–Kier alpha value is -0.810. The number of piperidine rings is 1. The molecule has 1 aliphatic heterocycles. The molecular weight excluding hydrogens is 242 g/mol. The van der Waals surface area contributed by atoms with Crippen molar-refractivity contribution < 1.29 is 9.90 Å². The van der Waals surface area contributed by atoms with E-state index in [1.807, 2.05) is 6.92 Å². The van der Waals surface area contributed by atoms with E-state index in [0.29, 0.717) is 19.6 Å². The van der Waals surface area contributed by atoms with Crippen LogP contribution in [0.4, 0.5) is 4.79 Å². The second-order valence-electron chi connectivity index (χ2n) is 5.82. The molecule has 1 fully saturated rings. The van der Waals surface area contributed by atoms with Crippen molar-refractivity contribution >= 4 is 6.03 Å². The molecule has 1 heterocycles. The van der Waals surface area contributed by atoms with E-state index in [1.165, 1.54) is 19.3 Å². The van der Waals surface area contributed by atoms with Crippen LogP contribution in [0.5, 0.6) is 0 Å². The largest absolute Gasteiger partial charge is 0.395 e. The Morgan fingerprint density at radius 2 is 1.95 bits per heavy atom. The van der Waals surface area contributed by atoms with Crippen molar-refractivity contribution in [2.45, 2.75) is 45.6 Å². The number of aliphatic hydroxyl groups is 1. The fourth-order valence-corrected chi connectivity index (χ4v) is 2.54. The molecule has 112 valence electrons. The molecule has 5 nitrogen and oxygen atoms in total. The first-order chi connectivity index (χ1) is 9.01. The third kappa shape index (κ3) is 4.99. The number of urea groups is 1. The number of amides is 2. The van der Waals surface area contributed by atoms with Gasteiger partial charge in [-0.25, -0.2) is 4.79 Å². The summed E-state index contributed by atoms with van der Waals surface area (Å²) in [7, 11) is 0. The number of aliphatic hydroxyl groups excluding tert-OH is 1. The maximum Gasteiger partial charge on any atom is 0.317 e. The van der Waals surface area contributed by atoms with Crippen LogP contribution in [0.3, 0.4) is 0 Å². The molecule has 0 aromatic heterocycles. The van der Waals surface area contributed by atoms with E-state index in [0.717, 1.165) is 13.1 Å². The van der Waals surface area contributed by atoms with Gasteiger partial charge < -0.3 is 15.3 Å². The molecule has 2 amide bonds. The minimum absolute atomic E-state index is 0.00525. The molecule has 19 heavy (non-hydrogen) atoms. The molecule has 0 spiro atoms. The minimum Gasteiger partial charge on any atom is -0.395 e. The molecule has 0 atom stereocenters. The predicted octanol–water partition coefficient (Wildman–Crippen LogP) is 1.27. The standard InChI is InChI=1S/C14H29N3O2/c1-4-16(10-11-18)13(19)15-12-14(2,3)17-8-6-5-7-9-17/h18H,4-12H2,1-3H3,(H,15,19). The van der Waals surface area contributed by atoms with Gasteiger partial charge in [-0.15, -0.1) is 0 Å². The van der Waals surface area contributed by atoms with Crippen molar-refractivity contribution in [2.75, 3.05) is 39.3 Å². The van der Waals surface area contributed by atoms with Gasteiger partial charge in [0.2, 0.25) is 0 Å². The highest BCUT2D eigenvalue weighted by atomic mass is 16.3. The van der Waals surface area contributed by atoms with Crippen LogP contribution in [0.1, 0.15) is 40.0 Å². The molecule has 0 aromatic carbocycles. The number of carbonyl (C=O) groups excluding carboxylic acids is 1. The van der Waals surface area contributed by atoms with E-state index in [-0.39, 0.29) is 18.2 Å². The van der Waals surface area contributed by atoms with Crippen molar-refractivity contribution in [1.29, 1.82) is 0 Å². The number of likely N-dealkylation sites (tertiary alicyclic amines) is 1. The highest BCUT2D eigenvalue weighted by molar-refractivity contribution is 5.74. The van der Waals surface area contributed by atoms with E-state index in [9.17, 15) is 4.79 Å². The first-order valence-electron chi connectivity index (χ1n) is 7.40. The van der Waals surface area contributed by atoms with E-state index in [1.54, 1.807) is 4.90 Å². The van der Waals surface area contributed by atoms with E-state index >= 15 is 0 Å². The van der Waals surface area contributed by atoms with Crippen molar-refractivity contribution in [3.63, 3.8) is 0 Å². The second-order valence-corrected chi connectivity index (χ2v) is 5.82. The highest BCUT2D eigenvalue weighted by Gasteiger charge is 2.28. The Kier molecular flexibility index (Phi) is 6.58. The van der Waals surface area contributed by atoms with Gasteiger partial charge in [-0.3, -0.25) is 4.90 Å². The van der Waals surface area contributed by atoms with Crippen molar-refractivity contribution in [3.8, 4) is 0 Å². The summed E-state index contributed by atoms with van der Waals surface area (Å²) < 4.78 is 0. The minimum atomic E-state index is -0.0818. The summed E-state index contributed by atoms with van der Waals surface area (Å²) in [5, 5.41) is 11.9. The van der Waals surface area contributed by atoms with Gasteiger partial charge in [0.15, 0.2) is 0 Å². The summed E-state index contributed by atoms with van der Waals surface area (Å²) in [6.07, 6.45) is 3.82. The average molecular weight is 271 g/mol. The van der Waals surface area contributed by atoms with Crippen molar-refractivity contribution in [2.24, 2.45) is 0 Å². The molecule has 2 N–H and O–H groups in total. The number of hydrogen-bond acceptors (Lipinski definition) is 3. The molecule has 1 rings (SSSR count). The molecule has 0 aromatic rings. The van der Waals surface area contributed by atoms with Gasteiger partial charge in [-0.1, -0.05) is 6.42 Å². The van der Waals surface area contributed by atoms with Gasteiger partial charge in [0.1, 0.15) is 0 Å². The van der Waals surface area contributed by atoms with Gasteiger partial charge in [0, 0.05) is 25.2 Å². The Morgan fingerprint density at radius 3 is 2.47 bits per heavy atom. The monoisotopic (exact) mass is 271 g/mol. The molecule has 1 saturated heterocycles. The summed E-state index contributed by atoms with van der Waals surface area (Å²) in [4.78, 5) is 16.1. The molecule has 0 unspecified atom stereocenters. The van der Waals surface area contributed by atoms with E-state index in [4.69, 9.17) is 5.11 Å². The number of likely N-dealkylation sites (N-methyl/N-ethyl adjacent to an activating group) is 1. The van der Waals surface area contributed by atoms with Crippen LogP contribution in [-0.2, 0) is 0 Å². The Labute approximate surface area is 117 Å². The third-order valence-corrected chi connectivity index (χ3v) is 3.92. The molecule has 0 aliphatic carbocycles. The zero-order valence-corrected chi connectivity index (χ0v) is 12.6. The van der Waals surface area contributed by atoms with Crippen LogP contribution in [0.15, 0.2) is 0 Å². The van der Waals surface area contributed by atoms with Gasteiger partial charge in [-0.05, 0) is 46.7 Å². The molecule has 0 bridgehead atoms.